The van der Waals surface area contributed by atoms with Crippen molar-refractivity contribution < 1.29 is 9.53 Å². The van der Waals surface area contributed by atoms with Crippen molar-refractivity contribution in [3.8, 4) is 0 Å². The fourth-order valence-corrected chi connectivity index (χ4v) is 2.43. The number of aromatic nitrogens is 2. The second kappa shape index (κ2) is 7.12. The van der Waals surface area contributed by atoms with E-state index >= 15 is 0 Å². The number of nitrogens with one attached hydrogen (secondary N) is 1. The summed E-state index contributed by atoms with van der Waals surface area (Å²) in [6.45, 7) is 6.28. The van der Waals surface area contributed by atoms with Gasteiger partial charge in [-0.1, -0.05) is 15.9 Å². The molecule has 124 valence electrons. The van der Waals surface area contributed by atoms with Gasteiger partial charge >= 0.3 is 6.09 Å². The van der Waals surface area contributed by atoms with Gasteiger partial charge in [-0.3, -0.25) is 4.79 Å². The van der Waals surface area contributed by atoms with E-state index in [0.29, 0.717) is 24.9 Å². The Morgan fingerprint density at radius 3 is 2.83 bits per heavy atom. The fraction of sp³-hybridized carbons (Fsp3) is 0.438. The van der Waals surface area contributed by atoms with E-state index in [1.165, 1.54) is 4.68 Å². The Morgan fingerprint density at radius 2 is 2.13 bits per heavy atom. The normalized spacial score (nSPS) is 11.5. The average molecular weight is 382 g/mol. The maximum absolute atomic E-state index is 12.3. The third-order valence-corrected chi connectivity index (χ3v) is 3.52. The van der Waals surface area contributed by atoms with Gasteiger partial charge in [0.2, 0.25) is 0 Å². The summed E-state index contributed by atoms with van der Waals surface area (Å²) < 4.78 is 7.46. The number of alkyl carbamates (subject to hydrolysis) is 1. The van der Waals surface area contributed by atoms with Crippen LogP contribution in [0.5, 0.6) is 0 Å². The van der Waals surface area contributed by atoms with E-state index < -0.39 is 11.7 Å². The monoisotopic (exact) mass is 381 g/mol. The Balaban J connectivity index is 1.93. The van der Waals surface area contributed by atoms with Gasteiger partial charge in [0, 0.05) is 22.9 Å². The smallest absolute Gasteiger partial charge is 0.407 e. The predicted molar refractivity (Wildman–Crippen MR) is 92.6 cm³/mol. The highest BCUT2D eigenvalue weighted by molar-refractivity contribution is 9.10. The highest BCUT2D eigenvalue weighted by atomic mass is 79.9. The zero-order chi connectivity index (χ0) is 17.0. The van der Waals surface area contributed by atoms with E-state index in [-0.39, 0.29) is 5.56 Å². The van der Waals surface area contributed by atoms with Gasteiger partial charge in [0.25, 0.3) is 5.56 Å². The number of nitrogens with zero attached hydrogens (tertiary/aromatic N) is 2. The van der Waals surface area contributed by atoms with Crippen LogP contribution in [0, 0.1) is 0 Å². The molecule has 0 unspecified atom stereocenters. The Kier molecular flexibility index (Phi) is 5.41. The summed E-state index contributed by atoms with van der Waals surface area (Å²) in [5, 5.41) is 8.25. The van der Waals surface area contributed by atoms with Crippen LogP contribution in [0.4, 0.5) is 4.79 Å². The minimum atomic E-state index is -0.519. The number of hydrogen-bond donors (Lipinski definition) is 1. The highest BCUT2D eigenvalue weighted by Crippen LogP contribution is 2.15. The number of fused-ring (bicyclic) bond motifs is 1. The van der Waals surface area contributed by atoms with E-state index in [2.05, 4.69) is 26.3 Å². The molecule has 7 heteroatoms. The zero-order valence-electron chi connectivity index (χ0n) is 13.4. The van der Waals surface area contributed by atoms with Crippen molar-refractivity contribution in [3.05, 3.63) is 39.2 Å². The summed E-state index contributed by atoms with van der Waals surface area (Å²) >= 11 is 3.37. The number of benzene rings is 1. The second-order valence-corrected chi connectivity index (χ2v) is 7.10. The maximum atomic E-state index is 12.3. The van der Waals surface area contributed by atoms with Crippen molar-refractivity contribution in [1.82, 2.24) is 15.1 Å². The molecule has 1 N–H and O–H groups in total. The van der Waals surface area contributed by atoms with Crippen LogP contribution in [0.1, 0.15) is 27.2 Å². The number of ether oxygens (including phenoxy) is 1. The minimum absolute atomic E-state index is 0.132. The minimum Gasteiger partial charge on any atom is -0.444 e. The van der Waals surface area contributed by atoms with Crippen molar-refractivity contribution in [2.75, 3.05) is 6.54 Å². The van der Waals surface area contributed by atoms with Crippen LogP contribution in [0.2, 0.25) is 0 Å². The van der Waals surface area contributed by atoms with Gasteiger partial charge in [-0.2, -0.15) is 5.10 Å². The van der Waals surface area contributed by atoms with Crippen LogP contribution in [0.25, 0.3) is 10.8 Å². The molecule has 0 aliphatic heterocycles. The maximum Gasteiger partial charge on any atom is 0.407 e. The number of carbonyl (C=O) groups excluding carboxylic acids is 1. The molecular formula is C16H20BrN3O3. The number of aryl methyl sites for hydroxylation is 1. The average Bonchev–Trinajstić information content (AvgIpc) is 2.43. The van der Waals surface area contributed by atoms with Crippen LogP contribution in [-0.2, 0) is 11.3 Å². The second-order valence-electron chi connectivity index (χ2n) is 6.19. The zero-order valence-corrected chi connectivity index (χ0v) is 15.0. The molecule has 1 aromatic carbocycles. The molecule has 23 heavy (non-hydrogen) atoms. The van der Waals surface area contributed by atoms with Gasteiger partial charge in [0.1, 0.15) is 5.60 Å². The molecule has 1 heterocycles. The van der Waals surface area contributed by atoms with Crippen molar-refractivity contribution in [2.24, 2.45) is 0 Å². The highest BCUT2D eigenvalue weighted by Gasteiger charge is 2.15. The Bertz CT molecular complexity index is 765. The number of amides is 1. The molecule has 1 amide bonds. The third-order valence-electron chi connectivity index (χ3n) is 3.03. The van der Waals surface area contributed by atoms with Gasteiger partial charge in [-0.25, -0.2) is 9.48 Å². The first-order valence-corrected chi connectivity index (χ1v) is 8.18. The standard InChI is InChI=1S/C16H20BrN3O3/c1-16(2,3)23-15(22)18-7-4-8-20-14(21)13-6-5-12(17)9-11(13)10-19-20/h5-6,9-10H,4,7-8H2,1-3H3,(H,18,22). The molecule has 2 aromatic rings. The van der Waals surface area contributed by atoms with Gasteiger partial charge in [0.05, 0.1) is 11.6 Å². The van der Waals surface area contributed by atoms with Crippen molar-refractivity contribution in [3.63, 3.8) is 0 Å². The van der Waals surface area contributed by atoms with Crippen molar-refractivity contribution in [2.45, 2.75) is 39.3 Å². The van der Waals surface area contributed by atoms with Crippen LogP contribution in [0.15, 0.2) is 33.7 Å². The molecule has 0 aliphatic carbocycles. The van der Waals surface area contributed by atoms with Crippen LogP contribution in [0.3, 0.4) is 0 Å². The summed E-state index contributed by atoms with van der Waals surface area (Å²) in [6, 6.07) is 5.47. The summed E-state index contributed by atoms with van der Waals surface area (Å²) in [4.78, 5) is 23.9. The number of halogens is 1. The summed E-state index contributed by atoms with van der Waals surface area (Å²) in [6.07, 6.45) is 1.80. The van der Waals surface area contributed by atoms with Gasteiger partial charge in [-0.15, -0.1) is 0 Å². The Morgan fingerprint density at radius 1 is 1.39 bits per heavy atom. The summed E-state index contributed by atoms with van der Waals surface area (Å²) in [5.41, 5.74) is -0.651. The molecule has 0 bridgehead atoms. The third kappa shape index (κ3) is 5.06. The first-order valence-electron chi connectivity index (χ1n) is 7.38. The van der Waals surface area contributed by atoms with E-state index in [1.807, 2.05) is 32.9 Å². The Labute approximate surface area is 143 Å². The van der Waals surface area contributed by atoms with E-state index in [4.69, 9.17) is 4.74 Å². The molecule has 0 fully saturated rings. The van der Waals surface area contributed by atoms with E-state index in [9.17, 15) is 9.59 Å². The molecule has 0 spiro atoms. The largest absolute Gasteiger partial charge is 0.444 e. The lowest BCUT2D eigenvalue weighted by molar-refractivity contribution is 0.0526. The Hall–Kier alpha value is -1.89. The quantitative estimate of drug-likeness (QED) is 0.825. The van der Waals surface area contributed by atoms with Crippen LogP contribution < -0.4 is 10.9 Å². The van der Waals surface area contributed by atoms with Gasteiger partial charge in [-0.05, 0) is 45.4 Å². The molecular weight excluding hydrogens is 362 g/mol. The predicted octanol–water partition coefficient (Wildman–Crippen LogP) is 3.07. The molecule has 0 saturated heterocycles. The first-order chi connectivity index (χ1) is 10.8. The van der Waals surface area contributed by atoms with E-state index in [0.717, 1.165) is 9.86 Å². The molecule has 0 atom stereocenters. The van der Waals surface area contributed by atoms with Gasteiger partial charge < -0.3 is 10.1 Å². The molecule has 2 rings (SSSR count). The first kappa shape index (κ1) is 17.5. The van der Waals surface area contributed by atoms with Gasteiger partial charge in [0.15, 0.2) is 0 Å². The molecule has 0 radical (unpaired) electrons. The van der Waals surface area contributed by atoms with Crippen LogP contribution >= 0.6 is 15.9 Å². The van der Waals surface area contributed by atoms with Crippen LogP contribution in [-0.4, -0.2) is 28.0 Å². The fourth-order valence-electron chi connectivity index (χ4n) is 2.05. The lowest BCUT2D eigenvalue weighted by Crippen LogP contribution is -2.33. The topological polar surface area (TPSA) is 73.2 Å². The van der Waals surface area contributed by atoms with E-state index in [1.54, 1.807) is 12.3 Å². The van der Waals surface area contributed by atoms with Crippen molar-refractivity contribution >= 4 is 32.8 Å². The molecule has 6 nitrogen and oxygen atoms in total. The number of rotatable bonds is 4. The number of carbonyl (C=O) groups is 1. The molecule has 0 aliphatic rings. The molecule has 1 aromatic heterocycles. The SMILES string of the molecule is CC(C)(C)OC(=O)NCCCn1ncc2cc(Br)ccc2c1=O. The lowest BCUT2D eigenvalue weighted by atomic mass is 10.2. The summed E-state index contributed by atoms with van der Waals surface area (Å²) in [5.74, 6) is 0. The summed E-state index contributed by atoms with van der Waals surface area (Å²) in [7, 11) is 0. The molecule has 0 saturated carbocycles. The lowest BCUT2D eigenvalue weighted by Gasteiger charge is -2.19. The van der Waals surface area contributed by atoms with Crippen molar-refractivity contribution in [1.29, 1.82) is 0 Å². The number of hydrogen-bond acceptors (Lipinski definition) is 4.